The highest BCUT2D eigenvalue weighted by Crippen LogP contribution is 2.06. The minimum absolute atomic E-state index is 0.736. The van der Waals surface area contributed by atoms with E-state index >= 15 is 0 Å². The molecule has 1 aromatic carbocycles. The van der Waals surface area contributed by atoms with Crippen molar-refractivity contribution in [2.45, 2.75) is 20.3 Å². The monoisotopic (exact) mass is 171 g/mol. The molecule has 13 heavy (non-hydrogen) atoms. The molecule has 1 rings (SSSR count). The summed E-state index contributed by atoms with van der Waals surface area (Å²) >= 11 is 0. The molecule has 0 aromatic heterocycles. The quantitative estimate of drug-likeness (QED) is 0.627. The fourth-order valence-electron chi connectivity index (χ4n) is 1.09. The van der Waals surface area contributed by atoms with Crippen molar-refractivity contribution >= 4 is 0 Å². The lowest BCUT2D eigenvalue weighted by Crippen LogP contribution is -1.83. The van der Waals surface area contributed by atoms with E-state index in [2.05, 4.69) is 26.0 Å². The number of benzene rings is 1. The highest BCUT2D eigenvalue weighted by atomic mass is 14.2. The van der Waals surface area contributed by atoms with Gasteiger partial charge in [-0.25, -0.2) is 0 Å². The minimum Gasteiger partial charge on any atom is -0.192 e. The molecule has 0 spiro atoms. The van der Waals surface area contributed by atoms with E-state index < -0.39 is 0 Å². The molecule has 0 aliphatic carbocycles. The molecule has 0 atom stereocenters. The zero-order chi connectivity index (χ0) is 9.68. The van der Waals surface area contributed by atoms with E-state index in [0.29, 0.717) is 0 Å². The minimum atomic E-state index is 0.736. The van der Waals surface area contributed by atoms with Crippen molar-refractivity contribution in [2.24, 2.45) is 0 Å². The summed E-state index contributed by atoms with van der Waals surface area (Å²) < 4.78 is 0. The number of rotatable bonds is 2. The average molecular weight is 171 g/mol. The lowest BCUT2D eigenvalue weighted by atomic mass is 10.1. The smallest absolute Gasteiger partial charge is 0.0991 e. The lowest BCUT2D eigenvalue weighted by Gasteiger charge is -1.97. The number of hydrogen-bond donors (Lipinski definition) is 0. The van der Waals surface area contributed by atoms with Crippen molar-refractivity contribution in [3.8, 4) is 6.07 Å². The number of nitriles is 1. The Morgan fingerprint density at radius 1 is 1.46 bits per heavy atom. The summed E-state index contributed by atoms with van der Waals surface area (Å²) in [6.45, 7) is 4.16. The largest absolute Gasteiger partial charge is 0.192 e. The third-order valence-electron chi connectivity index (χ3n) is 1.80. The highest BCUT2D eigenvalue weighted by Gasteiger charge is 1.92. The van der Waals surface area contributed by atoms with Crippen LogP contribution in [0.2, 0.25) is 0 Å². The van der Waals surface area contributed by atoms with Crippen LogP contribution in [0.25, 0.3) is 0 Å². The average Bonchev–Trinajstić information content (AvgIpc) is 2.15. The molecule has 0 fully saturated rings. The van der Waals surface area contributed by atoms with Crippen LogP contribution in [0, 0.1) is 11.3 Å². The molecule has 0 unspecified atom stereocenters. The summed E-state index contributed by atoms with van der Waals surface area (Å²) in [7, 11) is 0. The third kappa shape index (κ3) is 3.13. The van der Waals surface area contributed by atoms with E-state index in [9.17, 15) is 0 Å². The zero-order valence-electron chi connectivity index (χ0n) is 8.04. The maximum absolute atomic E-state index is 8.67. The first kappa shape index (κ1) is 9.54. The van der Waals surface area contributed by atoms with Gasteiger partial charge in [0, 0.05) is 0 Å². The second-order valence-corrected chi connectivity index (χ2v) is 3.30. The standard InChI is InChI=1S/C12H13N/c1-10(2)6-7-11-4-3-5-12(8-11)9-13/h3-6,8H,7H2,1-2H3. The summed E-state index contributed by atoms with van der Waals surface area (Å²) in [6, 6.07) is 9.85. The van der Waals surface area contributed by atoms with Crippen molar-refractivity contribution in [1.29, 1.82) is 5.26 Å². The topological polar surface area (TPSA) is 23.8 Å². The number of hydrogen-bond acceptors (Lipinski definition) is 1. The van der Waals surface area contributed by atoms with Crippen LogP contribution < -0.4 is 0 Å². The van der Waals surface area contributed by atoms with E-state index in [1.165, 1.54) is 11.1 Å². The van der Waals surface area contributed by atoms with Crippen molar-refractivity contribution in [2.75, 3.05) is 0 Å². The normalized spacial score (nSPS) is 9.00. The van der Waals surface area contributed by atoms with Gasteiger partial charge in [0.05, 0.1) is 11.6 Å². The van der Waals surface area contributed by atoms with E-state index in [1.54, 1.807) is 0 Å². The summed E-state index contributed by atoms with van der Waals surface area (Å²) in [4.78, 5) is 0. The molecule has 66 valence electrons. The molecule has 0 saturated heterocycles. The van der Waals surface area contributed by atoms with E-state index in [1.807, 2.05) is 24.3 Å². The Morgan fingerprint density at radius 3 is 2.85 bits per heavy atom. The molecular weight excluding hydrogens is 158 g/mol. The molecule has 0 aliphatic heterocycles. The molecule has 0 heterocycles. The Labute approximate surface area is 79.3 Å². The van der Waals surface area contributed by atoms with Crippen LogP contribution in [0.3, 0.4) is 0 Å². The predicted octanol–water partition coefficient (Wildman–Crippen LogP) is 3.07. The van der Waals surface area contributed by atoms with Gasteiger partial charge < -0.3 is 0 Å². The Kier molecular flexibility index (Phi) is 3.28. The molecule has 0 saturated carbocycles. The van der Waals surface area contributed by atoms with Crippen molar-refractivity contribution < 1.29 is 0 Å². The number of nitrogens with zero attached hydrogens (tertiary/aromatic N) is 1. The molecule has 0 bridgehead atoms. The molecule has 1 aromatic rings. The first-order valence-electron chi connectivity index (χ1n) is 4.35. The van der Waals surface area contributed by atoms with E-state index in [0.717, 1.165) is 12.0 Å². The Morgan fingerprint density at radius 2 is 2.23 bits per heavy atom. The van der Waals surface area contributed by atoms with Crippen molar-refractivity contribution in [3.05, 3.63) is 47.0 Å². The SMILES string of the molecule is CC(C)=CCc1cccc(C#N)c1. The van der Waals surface area contributed by atoms with Crippen molar-refractivity contribution in [3.63, 3.8) is 0 Å². The van der Waals surface area contributed by atoms with Crippen LogP contribution in [-0.2, 0) is 6.42 Å². The zero-order valence-corrected chi connectivity index (χ0v) is 8.04. The summed E-state index contributed by atoms with van der Waals surface area (Å²) in [5, 5.41) is 8.67. The Hall–Kier alpha value is -1.55. The number of allylic oxidation sites excluding steroid dienone is 2. The maximum Gasteiger partial charge on any atom is 0.0991 e. The van der Waals surface area contributed by atoms with Gasteiger partial charge in [-0.1, -0.05) is 23.8 Å². The van der Waals surface area contributed by atoms with Crippen LogP contribution in [0.15, 0.2) is 35.9 Å². The van der Waals surface area contributed by atoms with Gasteiger partial charge in [-0.3, -0.25) is 0 Å². The van der Waals surface area contributed by atoms with Crippen LogP contribution >= 0.6 is 0 Å². The van der Waals surface area contributed by atoms with Crippen LogP contribution in [0.1, 0.15) is 25.0 Å². The predicted molar refractivity (Wildman–Crippen MR) is 54.3 cm³/mol. The van der Waals surface area contributed by atoms with Gasteiger partial charge in [-0.05, 0) is 38.0 Å². The fourth-order valence-corrected chi connectivity index (χ4v) is 1.09. The molecule has 0 radical (unpaired) electrons. The Bertz CT molecular complexity index is 352. The Balaban J connectivity index is 2.79. The van der Waals surface area contributed by atoms with Gasteiger partial charge in [0.1, 0.15) is 0 Å². The summed E-state index contributed by atoms with van der Waals surface area (Å²) in [5.74, 6) is 0. The first-order chi connectivity index (χ1) is 6.22. The van der Waals surface area contributed by atoms with Gasteiger partial charge in [-0.15, -0.1) is 0 Å². The lowest BCUT2D eigenvalue weighted by molar-refractivity contribution is 1.21. The molecule has 1 nitrogen and oxygen atoms in total. The van der Waals surface area contributed by atoms with Crippen LogP contribution in [0.4, 0.5) is 0 Å². The molecule has 1 heteroatoms. The van der Waals surface area contributed by atoms with Gasteiger partial charge in [-0.2, -0.15) is 5.26 Å². The first-order valence-corrected chi connectivity index (χ1v) is 4.35. The fraction of sp³-hybridized carbons (Fsp3) is 0.250. The van der Waals surface area contributed by atoms with Gasteiger partial charge in [0.15, 0.2) is 0 Å². The highest BCUT2D eigenvalue weighted by molar-refractivity contribution is 5.33. The summed E-state index contributed by atoms with van der Waals surface area (Å²) in [5.41, 5.74) is 3.24. The van der Waals surface area contributed by atoms with Gasteiger partial charge >= 0.3 is 0 Å². The summed E-state index contributed by atoms with van der Waals surface area (Å²) in [6.07, 6.45) is 3.08. The van der Waals surface area contributed by atoms with E-state index in [-0.39, 0.29) is 0 Å². The van der Waals surface area contributed by atoms with Crippen LogP contribution in [-0.4, -0.2) is 0 Å². The van der Waals surface area contributed by atoms with Gasteiger partial charge in [0.25, 0.3) is 0 Å². The van der Waals surface area contributed by atoms with Gasteiger partial charge in [0.2, 0.25) is 0 Å². The maximum atomic E-state index is 8.67. The molecule has 0 aliphatic rings. The molecule has 0 N–H and O–H groups in total. The van der Waals surface area contributed by atoms with Crippen LogP contribution in [0.5, 0.6) is 0 Å². The molecule has 0 amide bonds. The van der Waals surface area contributed by atoms with Crippen molar-refractivity contribution in [1.82, 2.24) is 0 Å². The molecular formula is C12H13N. The van der Waals surface area contributed by atoms with E-state index in [4.69, 9.17) is 5.26 Å². The third-order valence-corrected chi connectivity index (χ3v) is 1.80. The second-order valence-electron chi connectivity index (χ2n) is 3.30. The second kappa shape index (κ2) is 4.47.